The van der Waals surface area contributed by atoms with E-state index in [1.165, 1.54) is 12.1 Å². The summed E-state index contributed by atoms with van der Waals surface area (Å²) < 4.78 is 13.9. The van der Waals surface area contributed by atoms with Crippen LogP contribution in [-0.2, 0) is 4.79 Å². The van der Waals surface area contributed by atoms with E-state index in [0.29, 0.717) is 22.0 Å². The van der Waals surface area contributed by atoms with Gasteiger partial charge in [0.15, 0.2) is 0 Å². The number of hydrogen-bond donors (Lipinski definition) is 1. The highest BCUT2D eigenvalue weighted by Gasteiger charge is 2.22. The van der Waals surface area contributed by atoms with Crippen molar-refractivity contribution in [2.45, 2.75) is 0 Å². The summed E-state index contributed by atoms with van der Waals surface area (Å²) in [5, 5.41) is 3.22. The minimum atomic E-state index is -0.326. The van der Waals surface area contributed by atoms with Crippen LogP contribution < -0.4 is 5.32 Å². The standard InChI is InChI=1S/C16H9ClFIN2O/c17-13-6-5-11(19)8-12(13)15-20-14(16(22)21-15)7-9-1-3-10(18)4-2-9/h1-8H,(H,20,21,22)/b14-7+. The topological polar surface area (TPSA) is 41.5 Å². The molecular formula is C16H9ClFIN2O. The van der Waals surface area contributed by atoms with E-state index >= 15 is 0 Å². The van der Waals surface area contributed by atoms with Gasteiger partial charge in [-0.1, -0.05) is 23.7 Å². The fourth-order valence-electron chi connectivity index (χ4n) is 1.99. The first-order chi connectivity index (χ1) is 10.5. The fraction of sp³-hybridized carbons (Fsp3) is 0. The molecule has 1 aliphatic rings. The molecule has 1 heterocycles. The summed E-state index contributed by atoms with van der Waals surface area (Å²) in [6.45, 7) is 0. The Kier molecular flexibility index (Phi) is 4.26. The summed E-state index contributed by atoms with van der Waals surface area (Å²) in [5.74, 6) is -0.219. The van der Waals surface area contributed by atoms with Crippen LogP contribution in [0, 0.1) is 9.39 Å². The van der Waals surface area contributed by atoms with E-state index in [1.54, 1.807) is 24.3 Å². The van der Waals surface area contributed by atoms with Crippen LogP contribution in [0.3, 0.4) is 0 Å². The quantitative estimate of drug-likeness (QED) is 0.572. The Morgan fingerprint density at radius 1 is 1.18 bits per heavy atom. The molecule has 0 spiro atoms. The van der Waals surface area contributed by atoms with Crippen molar-refractivity contribution in [3.8, 4) is 0 Å². The fourth-order valence-corrected chi connectivity index (χ4v) is 2.69. The predicted octanol–water partition coefficient (Wildman–Crippen LogP) is 4.00. The molecule has 1 amide bonds. The minimum absolute atomic E-state index is 0.261. The van der Waals surface area contributed by atoms with Crippen molar-refractivity contribution in [3.63, 3.8) is 0 Å². The van der Waals surface area contributed by atoms with Crippen LogP contribution in [0.15, 0.2) is 53.2 Å². The maximum atomic E-state index is 12.9. The smallest absolute Gasteiger partial charge is 0.275 e. The SMILES string of the molecule is O=C1NC(c2cc(I)ccc2Cl)=N/C1=C/c1ccc(F)cc1. The second-order valence-corrected chi connectivity index (χ2v) is 6.27. The van der Waals surface area contributed by atoms with Gasteiger partial charge in [0, 0.05) is 9.13 Å². The zero-order valence-corrected chi connectivity index (χ0v) is 14.0. The van der Waals surface area contributed by atoms with Gasteiger partial charge in [-0.2, -0.15) is 0 Å². The Morgan fingerprint density at radius 3 is 2.64 bits per heavy atom. The molecule has 2 aromatic rings. The third-order valence-electron chi connectivity index (χ3n) is 3.05. The van der Waals surface area contributed by atoms with Gasteiger partial charge in [-0.15, -0.1) is 0 Å². The normalized spacial score (nSPS) is 15.9. The maximum absolute atomic E-state index is 12.9. The number of aliphatic imine (C=N–C) groups is 1. The number of amides is 1. The molecule has 1 aliphatic heterocycles. The van der Waals surface area contributed by atoms with Gasteiger partial charge < -0.3 is 5.32 Å². The van der Waals surface area contributed by atoms with Gasteiger partial charge in [0.1, 0.15) is 17.3 Å². The zero-order chi connectivity index (χ0) is 15.7. The Bertz CT molecular complexity index is 815. The summed E-state index contributed by atoms with van der Waals surface area (Å²) in [4.78, 5) is 16.3. The Labute approximate surface area is 145 Å². The molecule has 0 radical (unpaired) electrons. The van der Waals surface area contributed by atoms with Crippen LogP contribution in [0.5, 0.6) is 0 Å². The molecule has 0 aliphatic carbocycles. The van der Waals surface area contributed by atoms with E-state index in [0.717, 1.165) is 3.57 Å². The molecule has 110 valence electrons. The monoisotopic (exact) mass is 426 g/mol. The molecule has 0 unspecified atom stereocenters. The van der Waals surface area contributed by atoms with E-state index < -0.39 is 0 Å². The van der Waals surface area contributed by atoms with E-state index in [1.807, 2.05) is 12.1 Å². The van der Waals surface area contributed by atoms with Crippen LogP contribution in [-0.4, -0.2) is 11.7 Å². The first kappa shape index (κ1) is 15.2. The first-order valence-corrected chi connectivity index (χ1v) is 7.81. The zero-order valence-electron chi connectivity index (χ0n) is 11.1. The Hall–Kier alpha value is -1.73. The first-order valence-electron chi connectivity index (χ1n) is 6.36. The number of amidine groups is 1. The van der Waals surface area contributed by atoms with Crippen molar-refractivity contribution < 1.29 is 9.18 Å². The van der Waals surface area contributed by atoms with E-state index in [-0.39, 0.29) is 17.4 Å². The lowest BCUT2D eigenvalue weighted by atomic mass is 10.2. The lowest BCUT2D eigenvalue weighted by Gasteiger charge is -2.03. The van der Waals surface area contributed by atoms with Gasteiger partial charge in [-0.3, -0.25) is 4.79 Å². The predicted molar refractivity (Wildman–Crippen MR) is 93.2 cm³/mol. The summed E-state index contributed by atoms with van der Waals surface area (Å²) in [6, 6.07) is 11.3. The third kappa shape index (κ3) is 3.20. The van der Waals surface area contributed by atoms with Crippen LogP contribution in [0.1, 0.15) is 11.1 Å². The lowest BCUT2D eigenvalue weighted by Crippen LogP contribution is -2.25. The van der Waals surface area contributed by atoms with Crippen molar-refractivity contribution in [2.75, 3.05) is 0 Å². The second-order valence-electron chi connectivity index (χ2n) is 4.62. The molecule has 2 aromatic carbocycles. The highest BCUT2D eigenvalue weighted by Crippen LogP contribution is 2.22. The number of nitrogens with one attached hydrogen (secondary N) is 1. The molecule has 6 heteroatoms. The van der Waals surface area contributed by atoms with Crippen LogP contribution in [0.4, 0.5) is 4.39 Å². The molecule has 0 bridgehead atoms. The average molecular weight is 427 g/mol. The third-order valence-corrected chi connectivity index (χ3v) is 4.05. The minimum Gasteiger partial charge on any atom is -0.305 e. The molecule has 1 N–H and O–H groups in total. The molecule has 0 saturated heterocycles. The summed E-state index contributed by atoms with van der Waals surface area (Å²) in [7, 11) is 0. The van der Waals surface area contributed by atoms with Gasteiger partial charge in [0.2, 0.25) is 0 Å². The van der Waals surface area contributed by atoms with Crippen molar-refractivity contribution in [1.29, 1.82) is 0 Å². The number of carbonyl (C=O) groups excluding carboxylic acids is 1. The van der Waals surface area contributed by atoms with Crippen LogP contribution in [0.25, 0.3) is 6.08 Å². The largest absolute Gasteiger partial charge is 0.305 e. The van der Waals surface area contributed by atoms with Crippen molar-refractivity contribution >= 4 is 52.0 Å². The molecule has 0 atom stereocenters. The van der Waals surface area contributed by atoms with Gasteiger partial charge >= 0.3 is 0 Å². The van der Waals surface area contributed by atoms with Crippen molar-refractivity contribution in [1.82, 2.24) is 5.32 Å². The summed E-state index contributed by atoms with van der Waals surface area (Å²) in [5.41, 5.74) is 1.63. The number of halogens is 3. The molecule has 0 saturated carbocycles. The van der Waals surface area contributed by atoms with Crippen molar-refractivity contribution in [2.24, 2.45) is 4.99 Å². The van der Waals surface area contributed by atoms with E-state index in [9.17, 15) is 9.18 Å². The van der Waals surface area contributed by atoms with Gasteiger partial charge in [-0.05, 0) is 64.6 Å². The van der Waals surface area contributed by atoms with Crippen LogP contribution in [0.2, 0.25) is 5.02 Å². The highest BCUT2D eigenvalue weighted by atomic mass is 127. The maximum Gasteiger partial charge on any atom is 0.275 e. The molecular weight excluding hydrogens is 418 g/mol. The Balaban J connectivity index is 1.97. The number of nitrogens with zero attached hydrogens (tertiary/aromatic N) is 1. The molecule has 0 aromatic heterocycles. The van der Waals surface area contributed by atoms with E-state index in [4.69, 9.17) is 11.6 Å². The molecule has 3 nitrogen and oxygen atoms in total. The van der Waals surface area contributed by atoms with Gasteiger partial charge in [0.05, 0.1) is 5.02 Å². The number of rotatable bonds is 2. The molecule has 22 heavy (non-hydrogen) atoms. The summed E-state index contributed by atoms with van der Waals surface area (Å²) >= 11 is 8.32. The average Bonchev–Trinajstić information content (AvgIpc) is 2.85. The molecule has 0 fully saturated rings. The summed E-state index contributed by atoms with van der Waals surface area (Å²) in [6.07, 6.45) is 1.60. The molecule has 3 rings (SSSR count). The van der Waals surface area contributed by atoms with Gasteiger partial charge in [0.25, 0.3) is 5.91 Å². The van der Waals surface area contributed by atoms with Crippen molar-refractivity contribution in [3.05, 3.63) is 73.7 Å². The highest BCUT2D eigenvalue weighted by molar-refractivity contribution is 14.1. The van der Waals surface area contributed by atoms with Crippen LogP contribution >= 0.6 is 34.2 Å². The number of hydrogen-bond acceptors (Lipinski definition) is 2. The lowest BCUT2D eigenvalue weighted by molar-refractivity contribution is -0.115. The Morgan fingerprint density at radius 2 is 1.91 bits per heavy atom. The number of benzene rings is 2. The second kappa shape index (κ2) is 6.18. The number of carbonyl (C=O) groups is 1. The van der Waals surface area contributed by atoms with Gasteiger partial charge in [-0.25, -0.2) is 9.38 Å². The van der Waals surface area contributed by atoms with E-state index in [2.05, 4.69) is 32.9 Å².